The van der Waals surface area contributed by atoms with Gasteiger partial charge in [-0.25, -0.2) is 14.8 Å². The Balaban J connectivity index is 1.94. The first-order valence-corrected chi connectivity index (χ1v) is 8.37. The Morgan fingerprint density at radius 1 is 1.00 bits per heavy atom. The molecule has 4 rings (SSSR count). The van der Waals surface area contributed by atoms with E-state index in [1.54, 1.807) is 18.2 Å². The number of carbonyl (C=O) groups is 1. The topological polar surface area (TPSA) is 76.2 Å². The van der Waals surface area contributed by atoms with Crippen molar-refractivity contribution in [3.05, 3.63) is 59.8 Å². The standard InChI is InChI=1S/C21H18N2O3/c1-21(2,3)13-8-9-16-12(10-13)11-17(26-16)18-19(20(24)25)23-15-7-5-4-6-14(15)22-18/h4-11H,1-3H3,(H,24,25). The zero-order valence-corrected chi connectivity index (χ0v) is 14.8. The van der Waals surface area contributed by atoms with Crippen LogP contribution in [-0.2, 0) is 5.41 Å². The van der Waals surface area contributed by atoms with Crippen LogP contribution in [0.5, 0.6) is 0 Å². The third kappa shape index (κ3) is 2.71. The fourth-order valence-electron chi connectivity index (χ4n) is 2.95. The molecule has 0 saturated heterocycles. The number of aromatic nitrogens is 2. The Bertz CT molecular complexity index is 1150. The minimum atomic E-state index is -1.13. The van der Waals surface area contributed by atoms with E-state index in [1.165, 1.54) is 5.56 Å². The molecule has 0 bridgehead atoms. The van der Waals surface area contributed by atoms with Crippen molar-refractivity contribution < 1.29 is 14.3 Å². The monoisotopic (exact) mass is 346 g/mol. The van der Waals surface area contributed by atoms with Gasteiger partial charge in [0, 0.05) is 5.39 Å². The maximum atomic E-state index is 11.7. The molecule has 5 heteroatoms. The largest absolute Gasteiger partial charge is 0.476 e. The van der Waals surface area contributed by atoms with Crippen molar-refractivity contribution in [3.8, 4) is 11.5 Å². The maximum absolute atomic E-state index is 11.7. The molecule has 4 aromatic rings. The van der Waals surface area contributed by atoms with E-state index in [0.717, 1.165) is 5.39 Å². The van der Waals surface area contributed by atoms with Gasteiger partial charge in [0.25, 0.3) is 0 Å². The summed E-state index contributed by atoms with van der Waals surface area (Å²) in [6, 6.07) is 15.0. The van der Waals surface area contributed by atoms with Gasteiger partial charge in [0.15, 0.2) is 11.5 Å². The van der Waals surface area contributed by atoms with Crippen molar-refractivity contribution in [2.45, 2.75) is 26.2 Å². The molecule has 2 aromatic carbocycles. The zero-order chi connectivity index (χ0) is 18.5. The van der Waals surface area contributed by atoms with Gasteiger partial charge in [0.2, 0.25) is 0 Å². The number of carboxylic acids is 1. The van der Waals surface area contributed by atoms with Crippen molar-refractivity contribution in [3.63, 3.8) is 0 Å². The molecule has 0 unspecified atom stereocenters. The molecular weight excluding hydrogens is 328 g/mol. The van der Waals surface area contributed by atoms with Gasteiger partial charge in [-0.3, -0.25) is 0 Å². The lowest BCUT2D eigenvalue weighted by Gasteiger charge is -2.18. The molecule has 5 nitrogen and oxygen atoms in total. The molecule has 0 aliphatic heterocycles. The molecule has 0 aliphatic rings. The van der Waals surface area contributed by atoms with Crippen LogP contribution in [0.2, 0.25) is 0 Å². The van der Waals surface area contributed by atoms with Crippen molar-refractivity contribution in [2.24, 2.45) is 0 Å². The highest BCUT2D eigenvalue weighted by Gasteiger charge is 2.21. The Morgan fingerprint density at radius 3 is 2.35 bits per heavy atom. The van der Waals surface area contributed by atoms with Gasteiger partial charge >= 0.3 is 5.97 Å². The number of hydrogen-bond donors (Lipinski definition) is 1. The van der Waals surface area contributed by atoms with Crippen LogP contribution in [0.3, 0.4) is 0 Å². The summed E-state index contributed by atoms with van der Waals surface area (Å²) < 4.78 is 5.90. The fraction of sp³-hybridized carbons (Fsp3) is 0.190. The average molecular weight is 346 g/mol. The quantitative estimate of drug-likeness (QED) is 0.550. The van der Waals surface area contributed by atoms with Gasteiger partial charge in [-0.05, 0) is 41.3 Å². The van der Waals surface area contributed by atoms with E-state index in [-0.39, 0.29) is 16.8 Å². The SMILES string of the molecule is CC(C)(C)c1ccc2oc(-c3nc4ccccc4nc3C(=O)O)cc2c1. The number of furan rings is 1. The van der Waals surface area contributed by atoms with Gasteiger partial charge in [-0.15, -0.1) is 0 Å². The number of hydrogen-bond acceptors (Lipinski definition) is 4. The Hall–Kier alpha value is -3.21. The predicted molar refractivity (Wildman–Crippen MR) is 100 cm³/mol. The number of rotatable bonds is 2. The smallest absolute Gasteiger partial charge is 0.356 e. The van der Waals surface area contributed by atoms with Gasteiger partial charge in [0.1, 0.15) is 11.3 Å². The molecule has 26 heavy (non-hydrogen) atoms. The van der Waals surface area contributed by atoms with Gasteiger partial charge in [-0.2, -0.15) is 0 Å². The first-order valence-electron chi connectivity index (χ1n) is 8.37. The number of carboxylic acid groups (broad SMARTS) is 1. The predicted octanol–water partition coefficient (Wildman–Crippen LogP) is 5.04. The van der Waals surface area contributed by atoms with Crippen LogP contribution >= 0.6 is 0 Å². The van der Waals surface area contributed by atoms with Crippen LogP contribution in [0.1, 0.15) is 36.8 Å². The Morgan fingerprint density at radius 2 is 1.69 bits per heavy atom. The lowest BCUT2D eigenvalue weighted by molar-refractivity contribution is 0.0691. The fourth-order valence-corrected chi connectivity index (χ4v) is 2.95. The lowest BCUT2D eigenvalue weighted by Crippen LogP contribution is -2.10. The number of benzene rings is 2. The van der Waals surface area contributed by atoms with Crippen LogP contribution in [0.4, 0.5) is 0 Å². The highest BCUT2D eigenvalue weighted by atomic mass is 16.4. The van der Waals surface area contributed by atoms with E-state index in [0.29, 0.717) is 22.4 Å². The number of fused-ring (bicyclic) bond motifs is 2. The van der Waals surface area contributed by atoms with Crippen molar-refractivity contribution >= 4 is 28.0 Å². The first kappa shape index (κ1) is 16.3. The summed E-state index contributed by atoms with van der Waals surface area (Å²) in [5.74, 6) is -0.726. The second kappa shape index (κ2) is 5.66. The third-order valence-corrected chi connectivity index (χ3v) is 4.39. The summed E-state index contributed by atoms with van der Waals surface area (Å²) in [5, 5.41) is 10.5. The molecule has 0 saturated carbocycles. The van der Waals surface area contributed by atoms with Crippen molar-refractivity contribution in [1.82, 2.24) is 9.97 Å². The molecule has 0 atom stereocenters. The molecule has 0 amide bonds. The summed E-state index contributed by atoms with van der Waals surface area (Å²) in [5.41, 5.74) is 3.19. The molecule has 0 radical (unpaired) electrons. The summed E-state index contributed by atoms with van der Waals surface area (Å²) >= 11 is 0. The molecule has 2 heterocycles. The second-order valence-corrected chi connectivity index (χ2v) is 7.33. The highest BCUT2D eigenvalue weighted by molar-refractivity contribution is 5.96. The van der Waals surface area contributed by atoms with Crippen LogP contribution in [0, 0.1) is 0 Å². The van der Waals surface area contributed by atoms with Gasteiger partial charge in [0.05, 0.1) is 11.0 Å². The lowest BCUT2D eigenvalue weighted by atomic mass is 9.86. The number of nitrogens with zero attached hydrogens (tertiary/aromatic N) is 2. The minimum absolute atomic E-state index is 0.0145. The molecule has 0 spiro atoms. The van der Waals surface area contributed by atoms with Crippen molar-refractivity contribution in [2.75, 3.05) is 0 Å². The highest BCUT2D eigenvalue weighted by Crippen LogP contribution is 2.32. The second-order valence-electron chi connectivity index (χ2n) is 7.33. The van der Waals surface area contributed by atoms with E-state index in [4.69, 9.17) is 4.42 Å². The van der Waals surface area contributed by atoms with Gasteiger partial charge in [-0.1, -0.05) is 39.0 Å². The van der Waals surface area contributed by atoms with Crippen LogP contribution in [-0.4, -0.2) is 21.0 Å². The summed E-state index contributed by atoms with van der Waals surface area (Å²) in [6.45, 7) is 6.44. The molecule has 0 fully saturated rings. The van der Waals surface area contributed by atoms with Crippen molar-refractivity contribution in [1.29, 1.82) is 0 Å². The van der Waals surface area contributed by atoms with Crippen LogP contribution in [0.15, 0.2) is 52.9 Å². The van der Waals surface area contributed by atoms with E-state index < -0.39 is 5.97 Å². The zero-order valence-electron chi connectivity index (χ0n) is 14.8. The molecule has 1 N–H and O–H groups in total. The van der Waals surface area contributed by atoms with E-state index in [2.05, 4.69) is 36.8 Å². The van der Waals surface area contributed by atoms with E-state index in [1.807, 2.05) is 24.3 Å². The normalized spacial score (nSPS) is 12.0. The minimum Gasteiger partial charge on any atom is -0.476 e. The average Bonchev–Trinajstić information content (AvgIpc) is 3.02. The number of para-hydroxylation sites is 2. The maximum Gasteiger partial charge on any atom is 0.356 e. The van der Waals surface area contributed by atoms with Crippen LogP contribution in [0.25, 0.3) is 33.5 Å². The summed E-state index contributed by atoms with van der Waals surface area (Å²) in [7, 11) is 0. The molecule has 0 aliphatic carbocycles. The molecular formula is C21H18N2O3. The molecule has 2 aromatic heterocycles. The Labute approximate surface area is 150 Å². The summed E-state index contributed by atoms with van der Waals surface area (Å²) in [4.78, 5) is 20.4. The third-order valence-electron chi connectivity index (χ3n) is 4.39. The van der Waals surface area contributed by atoms with Gasteiger partial charge < -0.3 is 9.52 Å². The number of aromatic carboxylic acids is 1. The van der Waals surface area contributed by atoms with E-state index >= 15 is 0 Å². The summed E-state index contributed by atoms with van der Waals surface area (Å²) in [6.07, 6.45) is 0. The first-order chi connectivity index (χ1) is 12.3. The molecule has 130 valence electrons. The Kier molecular flexibility index (Phi) is 3.54. The van der Waals surface area contributed by atoms with Crippen LogP contribution < -0.4 is 0 Å². The van der Waals surface area contributed by atoms with E-state index in [9.17, 15) is 9.90 Å².